The summed E-state index contributed by atoms with van der Waals surface area (Å²) in [5, 5.41) is 12.8. The lowest BCUT2D eigenvalue weighted by molar-refractivity contribution is -0.123. The molecule has 5 rings (SSSR count). The maximum absolute atomic E-state index is 13.0. The van der Waals surface area contributed by atoms with Gasteiger partial charge in [-0.2, -0.15) is 5.10 Å². The van der Waals surface area contributed by atoms with Crippen molar-refractivity contribution < 1.29 is 9.59 Å². The maximum atomic E-state index is 13.0. The highest BCUT2D eigenvalue weighted by Crippen LogP contribution is 2.31. The molecule has 0 bridgehead atoms. The highest BCUT2D eigenvalue weighted by Gasteiger charge is 2.36. The lowest BCUT2D eigenvalue weighted by Crippen LogP contribution is -2.58. The number of primary amides is 1. The monoisotopic (exact) mass is 466 g/mol. The van der Waals surface area contributed by atoms with E-state index in [-0.39, 0.29) is 5.91 Å². The number of piperidine rings is 1. The second-order valence-electron chi connectivity index (χ2n) is 8.54. The molecule has 1 saturated heterocycles. The number of fused-ring (bicyclic) bond motifs is 1. The van der Waals surface area contributed by atoms with Gasteiger partial charge in [-0.25, -0.2) is 4.98 Å². The van der Waals surface area contributed by atoms with Gasteiger partial charge in [0.25, 0.3) is 5.91 Å². The molecule has 1 aromatic carbocycles. The summed E-state index contributed by atoms with van der Waals surface area (Å²) in [7, 11) is 0. The number of rotatable bonds is 5. The number of nitrogens with zero attached hydrogens (tertiary/aromatic N) is 4. The molecule has 2 aliphatic rings. The zero-order valence-electron chi connectivity index (χ0n) is 18.1. The van der Waals surface area contributed by atoms with Gasteiger partial charge in [0.2, 0.25) is 5.91 Å². The van der Waals surface area contributed by atoms with Crippen molar-refractivity contribution in [3.05, 3.63) is 52.8 Å². The third-order valence-corrected chi connectivity index (χ3v) is 7.34. The first-order valence-electron chi connectivity index (χ1n) is 10.9. The van der Waals surface area contributed by atoms with Crippen LogP contribution in [0, 0.1) is 0 Å². The normalized spacial score (nSPS) is 17.5. The van der Waals surface area contributed by atoms with Crippen molar-refractivity contribution in [3.63, 3.8) is 0 Å². The lowest BCUT2D eigenvalue weighted by atomic mass is 9.87. The first-order valence-corrected chi connectivity index (χ1v) is 11.8. The van der Waals surface area contributed by atoms with Crippen molar-refractivity contribution in [3.8, 4) is 0 Å². The van der Waals surface area contributed by atoms with Crippen molar-refractivity contribution in [1.82, 2.24) is 15.2 Å². The minimum absolute atomic E-state index is 0.256. The fourth-order valence-corrected chi connectivity index (χ4v) is 5.17. The Morgan fingerprint density at radius 1 is 1.15 bits per heavy atom. The van der Waals surface area contributed by atoms with Crippen LogP contribution in [0.3, 0.4) is 0 Å². The standard InChI is InChI=1S/C22H26N8O2S/c23-20(32)22(24)6-9-29(10-7-22)18-4-2-1-3-16(18)26-19(31)17-13-33-21(27-17)30-8-5-15-14(12-30)11-25-28-15/h1-4,11,13H,5-10,12,24H2,(H2,23,32)(H,25,28)(H,26,31). The van der Waals surface area contributed by atoms with Crippen LogP contribution in [-0.2, 0) is 17.8 Å². The number of nitrogens with two attached hydrogens (primary N) is 2. The molecule has 6 N–H and O–H groups in total. The lowest BCUT2D eigenvalue weighted by Gasteiger charge is -2.38. The van der Waals surface area contributed by atoms with E-state index in [2.05, 4.69) is 30.3 Å². The molecule has 2 aliphatic heterocycles. The van der Waals surface area contributed by atoms with Crippen LogP contribution in [0.1, 0.15) is 34.6 Å². The summed E-state index contributed by atoms with van der Waals surface area (Å²) in [5.74, 6) is -0.728. The predicted molar refractivity (Wildman–Crippen MR) is 127 cm³/mol. The minimum Gasteiger partial charge on any atom is -0.370 e. The molecule has 10 nitrogen and oxygen atoms in total. The van der Waals surface area contributed by atoms with E-state index in [1.54, 1.807) is 5.38 Å². The molecule has 0 aliphatic carbocycles. The Labute approximate surface area is 195 Å². The number of thiazole rings is 1. The zero-order chi connectivity index (χ0) is 23.0. The second-order valence-corrected chi connectivity index (χ2v) is 9.38. The van der Waals surface area contributed by atoms with E-state index < -0.39 is 11.4 Å². The number of carbonyl (C=O) groups is 2. The number of amides is 2. The van der Waals surface area contributed by atoms with Crippen LogP contribution >= 0.6 is 11.3 Å². The zero-order valence-corrected chi connectivity index (χ0v) is 18.9. The number of para-hydroxylation sites is 2. The SMILES string of the molecule is NC(=O)C1(N)CCN(c2ccccc2NC(=O)c2csc(N3CCc4[nH]ncc4C3)n2)CC1. The van der Waals surface area contributed by atoms with E-state index >= 15 is 0 Å². The Bertz CT molecular complexity index is 1180. The molecule has 0 saturated carbocycles. The van der Waals surface area contributed by atoms with Crippen LogP contribution in [0.4, 0.5) is 16.5 Å². The quantitative estimate of drug-likeness (QED) is 0.445. The molecule has 11 heteroatoms. The molecule has 4 heterocycles. The summed E-state index contributed by atoms with van der Waals surface area (Å²) >= 11 is 1.46. The number of hydrogen-bond donors (Lipinski definition) is 4. The molecular weight excluding hydrogens is 440 g/mol. The summed E-state index contributed by atoms with van der Waals surface area (Å²) in [5.41, 5.74) is 14.9. The molecule has 3 aromatic rings. The molecule has 0 atom stereocenters. The number of hydrogen-bond acceptors (Lipinski definition) is 8. The van der Waals surface area contributed by atoms with Crippen LogP contribution in [0.25, 0.3) is 0 Å². The fraction of sp³-hybridized carbons (Fsp3) is 0.364. The van der Waals surface area contributed by atoms with Gasteiger partial charge in [0.05, 0.1) is 23.1 Å². The third kappa shape index (κ3) is 4.16. The number of anilines is 3. The second kappa shape index (κ2) is 8.49. The average Bonchev–Trinajstić information content (AvgIpc) is 3.49. The number of carbonyl (C=O) groups excluding carboxylic acids is 2. The highest BCUT2D eigenvalue weighted by atomic mass is 32.1. The van der Waals surface area contributed by atoms with Gasteiger partial charge in [-0.05, 0) is 25.0 Å². The van der Waals surface area contributed by atoms with Crippen LogP contribution in [0.15, 0.2) is 35.8 Å². The van der Waals surface area contributed by atoms with Gasteiger partial charge in [0.1, 0.15) is 5.69 Å². The summed E-state index contributed by atoms with van der Waals surface area (Å²) in [6.45, 7) is 2.72. The van der Waals surface area contributed by atoms with Gasteiger partial charge >= 0.3 is 0 Å². The largest absolute Gasteiger partial charge is 0.370 e. The summed E-state index contributed by atoms with van der Waals surface area (Å²) in [6.07, 6.45) is 3.65. The Morgan fingerprint density at radius 2 is 1.94 bits per heavy atom. The number of aromatic amines is 1. The van der Waals surface area contributed by atoms with Crippen molar-refractivity contribution >= 4 is 39.7 Å². The first-order chi connectivity index (χ1) is 15.9. The Balaban J connectivity index is 1.27. The van der Waals surface area contributed by atoms with E-state index in [0.29, 0.717) is 37.3 Å². The van der Waals surface area contributed by atoms with E-state index in [1.165, 1.54) is 11.3 Å². The van der Waals surface area contributed by atoms with E-state index in [1.807, 2.05) is 30.5 Å². The van der Waals surface area contributed by atoms with Crippen LogP contribution < -0.4 is 26.6 Å². The molecule has 33 heavy (non-hydrogen) atoms. The number of benzene rings is 1. The maximum Gasteiger partial charge on any atom is 0.275 e. The van der Waals surface area contributed by atoms with Crippen molar-refractivity contribution in [1.29, 1.82) is 0 Å². The van der Waals surface area contributed by atoms with Gasteiger partial charge in [-0.3, -0.25) is 14.7 Å². The smallest absolute Gasteiger partial charge is 0.275 e. The molecule has 2 aromatic heterocycles. The third-order valence-electron chi connectivity index (χ3n) is 6.43. The van der Waals surface area contributed by atoms with Gasteiger partial charge in [0, 0.05) is 49.2 Å². The number of aromatic nitrogens is 3. The molecule has 0 radical (unpaired) electrons. The average molecular weight is 467 g/mol. The predicted octanol–water partition coefficient (Wildman–Crippen LogP) is 1.46. The summed E-state index contributed by atoms with van der Waals surface area (Å²) in [6, 6.07) is 7.61. The van der Waals surface area contributed by atoms with Crippen LogP contribution in [0.2, 0.25) is 0 Å². The molecule has 172 valence electrons. The summed E-state index contributed by atoms with van der Waals surface area (Å²) < 4.78 is 0. The summed E-state index contributed by atoms with van der Waals surface area (Å²) in [4.78, 5) is 33.5. The highest BCUT2D eigenvalue weighted by molar-refractivity contribution is 7.13. The van der Waals surface area contributed by atoms with Crippen LogP contribution in [0.5, 0.6) is 0 Å². The van der Waals surface area contributed by atoms with E-state index in [4.69, 9.17) is 11.5 Å². The number of H-pyrrole nitrogens is 1. The fourth-order valence-electron chi connectivity index (χ4n) is 4.33. The van der Waals surface area contributed by atoms with Crippen molar-refractivity contribution in [2.75, 3.05) is 34.8 Å². The van der Waals surface area contributed by atoms with E-state index in [9.17, 15) is 9.59 Å². The number of nitrogens with one attached hydrogen (secondary N) is 2. The topological polar surface area (TPSA) is 146 Å². The first kappa shape index (κ1) is 21.4. The van der Waals surface area contributed by atoms with Gasteiger partial charge in [0.15, 0.2) is 5.13 Å². The van der Waals surface area contributed by atoms with Crippen LogP contribution in [-0.4, -0.2) is 52.2 Å². The molecule has 0 unspecified atom stereocenters. The van der Waals surface area contributed by atoms with Crippen molar-refractivity contribution in [2.24, 2.45) is 11.5 Å². The Kier molecular flexibility index (Phi) is 5.51. The van der Waals surface area contributed by atoms with E-state index in [0.717, 1.165) is 41.6 Å². The molecule has 1 fully saturated rings. The Morgan fingerprint density at radius 3 is 2.73 bits per heavy atom. The molecule has 2 amide bonds. The van der Waals surface area contributed by atoms with Gasteiger partial charge < -0.3 is 26.6 Å². The minimum atomic E-state index is -0.975. The molecular formula is C22H26N8O2S. The molecule has 0 spiro atoms. The van der Waals surface area contributed by atoms with Gasteiger partial charge in [-0.1, -0.05) is 12.1 Å². The Hall–Kier alpha value is -3.44. The van der Waals surface area contributed by atoms with Gasteiger partial charge in [-0.15, -0.1) is 11.3 Å². The van der Waals surface area contributed by atoms with Crippen molar-refractivity contribution in [2.45, 2.75) is 31.3 Å².